The first-order valence-corrected chi connectivity index (χ1v) is 19.7. The molecule has 0 unspecified atom stereocenters. The fourth-order valence-electron chi connectivity index (χ4n) is 4.99. The summed E-state index contributed by atoms with van der Waals surface area (Å²) in [5.74, 6) is -0.898. The molecule has 0 fully saturated rings. The monoisotopic (exact) mass is 658 g/mol. The SMILES string of the molecule is CCCCC/C=C/C/C=C/CCCCCCCC(=O)O[C@H](COC(=O)CCCCCCCCCCCCCC)COP(=O)(O)O. The smallest absolute Gasteiger partial charge is 0.462 e. The molecule has 0 bridgehead atoms. The van der Waals surface area contributed by atoms with Crippen molar-refractivity contribution < 1.29 is 37.9 Å². The van der Waals surface area contributed by atoms with E-state index in [-0.39, 0.29) is 19.4 Å². The van der Waals surface area contributed by atoms with Crippen LogP contribution < -0.4 is 0 Å². The van der Waals surface area contributed by atoms with Gasteiger partial charge in [-0.25, -0.2) is 4.57 Å². The second-order valence-corrected chi connectivity index (χ2v) is 13.4. The van der Waals surface area contributed by atoms with Crippen LogP contribution in [0.5, 0.6) is 0 Å². The summed E-state index contributed by atoms with van der Waals surface area (Å²) in [5.41, 5.74) is 0. The van der Waals surface area contributed by atoms with Gasteiger partial charge in [-0.2, -0.15) is 0 Å². The van der Waals surface area contributed by atoms with Crippen LogP contribution in [0.15, 0.2) is 24.3 Å². The van der Waals surface area contributed by atoms with Gasteiger partial charge in [0.25, 0.3) is 0 Å². The summed E-state index contributed by atoms with van der Waals surface area (Å²) < 4.78 is 26.2. The Hall–Kier alpha value is -1.47. The molecule has 0 aliphatic heterocycles. The number of phosphoric acid groups is 1. The van der Waals surface area contributed by atoms with Gasteiger partial charge >= 0.3 is 19.8 Å². The van der Waals surface area contributed by atoms with E-state index in [1.54, 1.807) is 0 Å². The zero-order valence-corrected chi connectivity index (χ0v) is 29.7. The van der Waals surface area contributed by atoms with Crippen molar-refractivity contribution in [1.82, 2.24) is 0 Å². The number of phosphoric ester groups is 1. The fourth-order valence-corrected chi connectivity index (χ4v) is 5.35. The van der Waals surface area contributed by atoms with E-state index in [9.17, 15) is 14.2 Å². The van der Waals surface area contributed by atoms with Gasteiger partial charge in [0.2, 0.25) is 0 Å². The molecule has 0 aromatic rings. The molecule has 0 spiro atoms. The van der Waals surface area contributed by atoms with Gasteiger partial charge in [-0.15, -0.1) is 0 Å². The number of esters is 2. The van der Waals surface area contributed by atoms with Crippen LogP contribution in [-0.4, -0.2) is 41.0 Å². The predicted octanol–water partition coefficient (Wildman–Crippen LogP) is 10.5. The fraction of sp³-hybridized carbons (Fsp3) is 0.833. The first-order valence-electron chi connectivity index (χ1n) is 18.1. The summed E-state index contributed by atoms with van der Waals surface area (Å²) in [6.45, 7) is 3.63. The van der Waals surface area contributed by atoms with Crippen LogP contribution in [0.1, 0.15) is 174 Å². The Morgan fingerprint density at radius 3 is 1.51 bits per heavy atom. The predicted molar refractivity (Wildman–Crippen MR) is 184 cm³/mol. The van der Waals surface area contributed by atoms with Crippen molar-refractivity contribution in [2.75, 3.05) is 13.2 Å². The minimum atomic E-state index is -4.75. The van der Waals surface area contributed by atoms with Crippen molar-refractivity contribution in [2.24, 2.45) is 0 Å². The molecular weight excluding hydrogens is 591 g/mol. The summed E-state index contributed by atoms with van der Waals surface area (Å²) >= 11 is 0. The maximum atomic E-state index is 12.3. The zero-order chi connectivity index (χ0) is 33.3. The maximum absolute atomic E-state index is 12.3. The molecule has 0 aromatic carbocycles. The first kappa shape index (κ1) is 43.5. The van der Waals surface area contributed by atoms with Crippen molar-refractivity contribution in [1.29, 1.82) is 0 Å². The van der Waals surface area contributed by atoms with Gasteiger partial charge in [-0.3, -0.25) is 14.1 Å². The molecule has 8 nitrogen and oxygen atoms in total. The van der Waals surface area contributed by atoms with Gasteiger partial charge in [0.15, 0.2) is 6.10 Å². The number of carbonyl (C=O) groups is 2. The number of unbranched alkanes of at least 4 members (excludes halogenated alkanes) is 19. The molecule has 2 N–H and O–H groups in total. The third kappa shape index (κ3) is 35.2. The van der Waals surface area contributed by atoms with Gasteiger partial charge in [0.1, 0.15) is 6.61 Å². The van der Waals surface area contributed by atoms with E-state index in [0.29, 0.717) is 6.42 Å². The molecular formula is C36H67O8P. The molecule has 1 atom stereocenters. The van der Waals surface area contributed by atoms with Gasteiger partial charge < -0.3 is 19.3 Å². The lowest BCUT2D eigenvalue weighted by Gasteiger charge is -2.18. The van der Waals surface area contributed by atoms with Crippen LogP contribution in [0.25, 0.3) is 0 Å². The molecule has 0 radical (unpaired) electrons. The Kier molecular flexibility index (Phi) is 31.4. The van der Waals surface area contributed by atoms with Crippen molar-refractivity contribution in [3.8, 4) is 0 Å². The Balaban J connectivity index is 4.00. The van der Waals surface area contributed by atoms with Crippen molar-refractivity contribution >= 4 is 19.8 Å². The van der Waals surface area contributed by atoms with Gasteiger partial charge in [-0.1, -0.05) is 141 Å². The zero-order valence-electron chi connectivity index (χ0n) is 28.8. The molecule has 0 aliphatic carbocycles. The Morgan fingerprint density at radius 2 is 1.00 bits per heavy atom. The molecule has 0 aliphatic rings. The first-order chi connectivity index (χ1) is 21.8. The van der Waals surface area contributed by atoms with Crippen LogP contribution in [0.2, 0.25) is 0 Å². The topological polar surface area (TPSA) is 119 Å². The second kappa shape index (κ2) is 32.5. The standard InChI is InChI=1S/C36H67O8P/c1-3-5-7-9-11-13-15-17-18-19-21-23-25-27-29-31-36(38)44-34(33-43-45(39,40)41)32-42-35(37)30-28-26-24-22-20-16-14-12-10-8-6-4-2/h11,13,17-18,34H,3-10,12,14-16,19-33H2,1-2H3,(H2,39,40,41)/b13-11+,18-17+/t34-/m1/s1. The third-order valence-electron chi connectivity index (χ3n) is 7.72. The van der Waals surface area contributed by atoms with Crippen molar-refractivity contribution in [2.45, 2.75) is 180 Å². The van der Waals surface area contributed by atoms with Crippen LogP contribution in [0.4, 0.5) is 0 Å². The van der Waals surface area contributed by atoms with E-state index in [4.69, 9.17) is 19.3 Å². The van der Waals surface area contributed by atoms with E-state index in [0.717, 1.165) is 57.8 Å². The number of allylic oxidation sites excluding steroid dienone is 4. The highest BCUT2D eigenvalue weighted by atomic mass is 31.2. The molecule has 9 heteroatoms. The molecule has 45 heavy (non-hydrogen) atoms. The normalized spacial score (nSPS) is 12.7. The quantitative estimate of drug-likeness (QED) is 0.0309. The molecule has 0 saturated carbocycles. The Bertz CT molecular complexity index is 792. The highest BCUT2D eigenvalue weighted by Gasteiger charge is 2.22. The summed E-state index contributed by atoms with van der Waals surface area (Å²) in [7, 11) is -4.75. The number of hydrogen-bond acceptors (Lipinski definition) is 6. The lowest BCUT2D eigenvalue weighted by atomic mass is 10.0. The molecule has 0 aromatic heterocycles. The van der Waals surface area contributed by atoms with Crippen LogP contribution in [0, 0.1) is 0 Å². The second-order valence-electron chi connectivity index (χ2n) is 12.2. The molecule has 0 amide bonds. The molecule has 0 saturated heterocycles. The number of rotatable bonds is 33. The Morgan fingerprint density at radius 1 is 0.578 bits per heavy atom. The number of hydrogen-bond donors (Lipinski definition) is 2. The van der Waals surface area contributed by atoms with Crippen molar-refractivity contribution in [3.63, 3.8) is 0 Å². The lowest BCUT2D eigenvalue weighted by Crippen LogP contribution is -2.29. The third-order valence-corrected chi connectivity index (χ3v) is 8.21. The van der Waals surface area contributed by atoms with E-state index >= 15 is 0 Å². The van der Waals surface area contributed by atoms with Crippen LogP contribution in [-0.2, 0) is 28.2 Å². The minimum absolute atomic E-state index is 0.198. The maximum Gasteiger partial charge on any atom is 0.469 e. The molecule has 264 valence electrons. The summed E-state index contributed by atoms with van der Waals surface area (Å²) in [6.07, 6.45) is 34.7. The Labute approximate surface area is 275 Å². The van der Waals surface area contributed by atoms with Crippen LogP contribution >= 0.6 is 7.82 Å². The highest BCUT2D eigenvalue weighted by molar-refractivity contribution is 7.46. The van der Waals surface area contributed by atoms with E-state index in [1.165, 1.54) is 83.5 Å². The van der Waals surface area contributed by atoms with Crippen LogP contribution in [0.3, 0.4) is 0 Å². The van der Waals surface area contributed by atoms with Gasteiger partial charge in [-0.05, 0) is 44.9 Å². The highest BCUT2D eigenvalue weighted by Crippen LogP contribution is 2.36. The number of ether oxygens (including phenoxy) is 2. The summed E-state index contributed by atoms with van der Waals surface area (Å²) in [5, 5.41) is 0. The average molecular weight is 659 g/mol. The van der Waals surface area contributed by atoms with Gasteiger partial charge in [0, 0.05) is 12.8 Å². The minimum Gasteiger partial charge on any atom is -0.462 e. The van der Waals surface area contributed by atoms with E-state index in [1.807, 2.05) is 0 Å². The van der Waals surface area contributed by atoms with E-state index < -0.39 is 32.5 Å². The largest absolute Gasteiger partial charge is 0.469 e. The van der Waals surface area contributed by atoms with Crippen molar-refractivity contribution in [3.05, 3.63) is 24.3 Å². The number of carbonyl (C=O) groups excluding carboxylic acids is 2. The summed E-state index contributed by atoms with van der Waals surface area (Å²) in [6, 6.07) is 0. The molecule has 0 rings (SSSR count). The molecule has 0 heterocycles. The lowest BCUT2D eigenvalue weighted by molar-refractivity contribution is -0.161. The average Bonchev–Trinajstić information content (AvgIpc) is 3.00. The van der Waals surface area contributed by atoms with Gasteiger partial charge in [0.05, 0.1) is 6.61 Å². The summed E-state index contributed by atoms with van der Waals surface area (Å²) in [4.78, 5) is 42.6. The van der Waals surface area contributed by atoms with E-state index in [2.05, 4.69) is 42.7 Å².